The molecule has 5 heteroatoms. The Kier molecular flexibility index (Phi) is 6.39. The van der Waals surface area contributed by atoms with E-state index in [9.17, 15) is 4.79 Å². The zero-order valence-corrected chi connectivity index (χ0v) is 13.5. The lowest BCUT2D eigenvalue weighted by Crippen LogP contribution is -2.40. The van der Waals surface area contributed by atoms with Gasteiger partial charge in [-0.15, -0.1) is 11.8 Å². The van der Waals surface area contributed by atoms with Gasteiger partial charge in [0.25, 0.3) is 0 Å². The van der Waals surface area contributed by atoms with Gasteiger partial charge in [0.2, 0.25) is 0 Å². The molecule has 2 N–H and O–H groups in total. The van der Waals surface area contributed by atoms with Crippen molar-refractivity contribution in [1.29, 1.82) is 0 Å². The van der Waals surface area contributed by atoms with Crippen LogP contribution in [0.3, 0.4) is 0 Å². The van der Waals surface area contributed by atoms with E-state index in [4.69, 9.17) is 4.74 Å². The van der Waals surface area contributed by atoms with Gasteiger partial charge >= 0.3 is 6.03 Å². The highest BCUT2D eigenvalue weighted by atomic mass is 32.2. The number of rotatable bonds is 5. The van der Waals surface area contributed by atoms with Gasteiger partial charge in [-0.2, -0.15) is 0 Å². The molecule has 1 aliphatic rings. The van der Waals surface area contributed by atoms with Crippen molar-refractivity contribution in [2.45, 2.75) is 30.7 Å². The number of hydrogen-bond acceptors (Lipinski definition) is 3. The van der Waals surface area contributed by atoms with E-state index in [0.29, 0.717) is 5.92 Å². The minimum Gasteiger partial charge on any atom is -0.381 e. The Labute approximate surface area is 131 Å². The number of carbonyl (C=O) groups is 1. The molecule has 1 aromatic rings. The first kappa shape index (κ1) is 16.2. The maximum atomic E-state index is 12.0. The number of urea groups is 1. The van der Waals surface area contributed by atoms with Crippen molar-refractivity contribution in [3.8, 4) is 0 Å². The first-order valence-electron chi connectivity index (χ1n) is 7.45. The Balaban J connectivity index is 1.81. The maximum Gasteiger partial charge on any atom is 0.315 e. The summed E-state index contributed by atoms with van der Waals surface area (Å²) in [6, 6.07) is 8.08. The van der Waals surface area contributed by atoms with Crippen LogP contribution in [0, 0.1) is 5.92 Å². The monoisotopic (exact) mass is 308 g/mol. The molecule has 116 valence electrons. The van der Waals surface area contributed by atoms with E-state index in [1.54, 1.807) is 11.8 Å². The number of ether oxygens (including phenoxy) is 1. The Morgan fingerprint density at radius 3 is 2.81 bits per heavy atom. The lowest BCUT2D eigenvalue weighted by molar-refractivity contribution is 0.0669. The van der Waals surface area contributed by atoms with Crippen molar-refractivity contribution < 1.29 is 9.53 Å². The molecule has 1 fully saturated rings. The Bertz CT molecular complexity index is 461. The average molecular weight is 308 g/mol. The Morgan fingerprint density at radius 1 is 1.38 bits per heavy atom. The largest absolute Gasteiger partial charge is 0.381 e. The fourth-order valence-corrected chi connectivity index (χ4v) is 3.23. The minimum absolute atomic E-state index is 0.00309. The van der Waals surface area contributed by atoms with E-state index in [1.807, 2.05) is 19.1 Å². The normalized spacial score (nSPS) is 17.2. The summed E-state index contributed by atoms with van der Waals surface area (Å²) in [6.07, 6.45) is 4.12. The first-order chi connectivity index (χ1) is 10.2. The van der Waals surface area contributed by atoms with Crippen LogP contribution >= 0.6 is 11.8 Å². The molecule has 2 rings (SSSR count). The third-order valence-electron chi connectivity index (χ3n) is 3.85. The standard InChI is InChI=1S/C16H24N2O2S/c1-12(14-5-3-4-6-15(14)21-2)18-16(19)17-11-13-7-9-20-10-8-13/h3-6,12-13H,7-11H2,1-2H3,(H2,17,18,19)/t12-/m1/s1. The number of hydrogen-bond donors (Lipinski definition) is 2. The van der Waals surface area contributed by atoms with Crippen LogP contribution in [0.1, 0.15) is 31.4 Å². The lowest BCUT2D eigenvalue weighted by atomic mass is 10.0. The molecule has 0 saturated carbocycles. The molecule has 4 nitrogen and oxygen atoms in total. The van der Waals surface area contributed by atoms with Crippen molar-refractivity contribution in [3.05, 3.63) is 29.8 Å². The molecule has 0 radical (unpaired) electrons. The van der Waals surface area contributed by atoms with E-state index in [-0.39, 0.29) is 12.1 Å². The number of thioether (sulfide) groups is 1. The molecule has 0 bridgehead atoms. The van der Waals surface area contributed by atoms with Crippen molar-refractivity contribution in [3.63, 3.8) is 0 Å². The van der Waals surface area contributed by atoms with Gasteiger partial charge in [-0.1, -0.05) is 18.2 Å². The molecule has 1 atom stereocenters. The minimum atomic E-state index is -0.0927. The molecule has 2 amide bonds. The molecule has 1 heterocycles. The third kappa shape index (κ3) is 4.93. The van der Waals surface area contributed by atoms with Crippen molar-refractivity contribution >= 4 is 17.8 Å². The number of benzene rings is 1. The predicted octanol–water partition coefficient (Wildman–Crippen LogP) is 3.20. The zero-order valence-electron chi connectivity index (χ0n) is 12.7. The summed E-state index contributed by atoms with van der Waals surface area (Å²) in [5.74, 6) is 0.540. The van der Waals surface area contributed by atoms with E-state index in [0.717, 1.165) is 38.2 Å². The summed E-state index contributed by atoms with van der Waals surface area (Å²) in [5, 5.41) is 5.99. The number of carbonyl (C=O) groups excluding carboxylic acids is 1. The van der Waals surface area contributed by atoms with E-state index >= 15 is 0 Å². The van der Waals surface area contributed by atoms with Gasteiger partial charge in [0, 0.05) is 24.7 Å². The van der Waals surface area contributed by atoms with Crippen LogP contribution in [0.2, 0.25) is 0 Å². The molecule has 1 aromatic carbocycles. The topological polar surface area (TPSA) is 50.4 Å². The van der Waals surface area contributed by atoms with E-state index in [2.05, 4.69) is 29.0 Å². The zero-order chi connectivity index (χ0) is 15.1. The highest BCUT2D eigenvalue weighted by molar-refractivity contribution is 7.98. The highest BCUT2D eigenvalue weighted by Crippen LogP contribution is 2.25. The summed E-state index contributed by atoms with van der Waals surface area (Å²) in [4.78, 5) is 13.2. The fourth-order valence-electron chi connectivity index (χ4n) is 2.54. The molecule has 0 unspecified atom stereocenters. The average Bonchev–Trinajstić information content (AvgIpc) is 2.53. The van der Waals surface area contributed by atoms with Gasteiger partial charge < -0.3 is 15.4 Å². The Hall–Kier alpha value is -1.20. The van der Waals surface area contributed by atoms with Gasteiger partial charge in [0.1, 0.15) is 0 Å². The summed E-state index contributed by atoms with van der Waals surface area (Å²) in [5.41, 5.74) is 1.16. The maximum absolute atomic E-state index is 12.0. The third-order valence-corrected chi connectivity index (χ3v) is 4.66. The van der Waals surface area contributed by atoms with E-state index < -0.39 is 0 Å². The molecule has 1 aliphatic heterocycles. The predicted molar refractivity (Wildman–Crippen MR) is 86.7 cm³/mol. The summed E-state index contributed by atoms with van der Waals surface area (Å²) >= 11 is 1.70. The second-order valence-electron chi connectivity index (χ2n) is 5.37. The van der Waals surface area contributed by atoms with Crippen LogP contribution in [0.15, 0.2) is 29.2 Å². The fraction of sp³-hybridized carbons (Fsp3) is 0.562. The van der Waals surface area contributed by atoms with Crippen LogP contribution < -0.4 is 10.6 Å². The van der Waals surface area contributed by atoms with Crippen LogP contribution in [-0.2, 0) is 4.74 Å². The smallest absolute Gasteiger partial charge is 0.315 e. The van der Waals surface area contributed by atoms with Crippen LogP contribution in [0.4, 0.5) is 4.79 Å². The summed E-state index contributed by atoms with van der Waals surface area (Å²) < 4.78 is 5.32. The van der Waals surface area contributed by atoms with Crippen molar-refractivity contribution in [2.75, 3.05) is 26.0 Å². The van der Waals surface area contributed by atoms with Crippen LogP contribution in [0.25, 0.3) is 0 Å². The highest BCUT2D eigenvalue weighted by Gasteiger charge is 2.16. The quantitative estimate of drug-likeness (QED) is 0.821. The van der Waals surface area contributed by atoms with Crippen LogP contribution in [-0.4, -0.2) is 32.0 Å². The summed E-state index contributed by atoms with van der Waals surface area (Å²) in [7, 11) is 0. The van der Waals surface area contributed by atoms with Crippen LogP contribution in [0.5, 0.6) is 0 Å². The van der Waals surface area contributed by atoms with Gasteiger partial charge in [0.15, 0.2) is 0 Å². The molecule has 0 spiro atoms. The van der Waals surface area contributed by atoms with Crippen molar-refractivity contribution in [2.24, 2.45) is 5.92 Å². The molecular formula is C16H24N2O2S. The number of amides is 2. The Morgan fingerprint density at radius 2 is 2.10 bits per heavy atom. The molecule has 1 saturated heterocycles. The second kappa shape index (κ2) is 8.29. The van der Waals surface area contributed by atoms with Gasteiger partial charge in [0.05, 0.1) is 6.04 Å². The molecule has 21 heavy (non-hydrogen) atoms. The van der Waals surface area contributed by atoms with Crippen molar-refractivity contribution in [1.82, 2.24) is 10.6 Å². The molecular weight excluding hydrogens is 284 g/mol. The van der Waals surface area contributed by atoms with E-state index in [1.165, 1.54) is 4.90 Å². The number of nitrogens with one attached hydrogen (secondary N) is 2. The van der Waals surface area contributed by atoms with Gasteiger partial charge in [-0.05, 0) is 43.6 Å². The molecule has 0 aliphatic carbocycles. The van der Waals surface area contributed by atoms with Gasteiger partial charge in [-0.3, -0.25) is 0 Å². The first-order valence-corrected chi connectivity index (χ1v) is 8.68. The molecule has 0 aromatic heterocycles. The van der Waals surface area contributed by atoms with Gasteiger partial charge in [-0.25, -0.2) is 4.79 Å². The SMILES string of the molecule is CSc1ccccc1[C@@H](C)NC(=O)NCC1CCOCC1. The lowest BCUT2D eigenvalue weighted by Gasteiger charge is -2.23. The summed E-state index contributed by atoms with van der Waals surface area (Å²) in [6.45, 7) is 4.37. The second-order valence-corrected chi connectivity index (χ2v) is 6.22.